The molecule has 0 unspecified atom stereocenters. The van der Waals surface area contributed by atoms with Gasteiger partial charge in [0.1, 0.15) is 0 Å². The van der Waals surface area contributed by atoms with Gasteiger partial charge in [-0.15, -0.1) is 0 Å². The van der Waals surface area contributed by atoms with Gasteiger partial charge in [-0.05, 0) is 37.1 Å². The van der Waals surface area contributed by atoms with E-state index in [-0.39, 0.29) is 17.1 Å². The molecule has 0 saturated heterocycles. The summed E-state index contributed by atoms with van der Waals surface area (Å²) < 4.78 is 5.26. The van der Waals surface area contributed by atoms with E-state index in [4.69, 9.17) is 21.9 Å². The van der Waals surface area contributed by atoms with Crippen molar-refractivity contribution in [3.8, 4) is 11.3 Å². The largest absolute Gasteiger partial charge is 0.355 e. The first-order valence-electron chi connectivity index (χ1n) is 7.37. The first-order chi connectivity index (χ1) is 10.6. The first kappa shape index (κ1) is 15.1. The van der Waals surface area contributed by atoms with Gasteiger partial charge in [-0.1, -0.05) is 29.6 Å². The number of hydrogen-bond donors (Lipinski definition) is 2. The van der Waals surface area contributed by atoms with Crippen LogP contribution in [0.25, 0.3) is 11.3 Å². The van der Waals surface area contributed by atoms with Crippen LogP contribution in [0.15, 0.2) is 34.9 Å². The fourth-order valence-electron chi connectivity index (χ4n) is 2.87. The van der Waals surface area contributed by atoms with Crippen LogP contribution in [-0.2, 0) is 0 Å². The highest BCUT2D eigenvalue weighted by molar-refractivity contribution is 6.30. The molecule has 1 aliphatic carbocycles. The Balaban J connectivity index is 1.75. The summed E-state index contributed by atoms with van der Waals surface area (Å²) >= 11 is 5.86. The molecule has 6 heteroatoms. The SMILES string of the molecule is NCC1(NC(=O)c2cc(-c3ccc(Cl)cc3)on2)CCCC1. The van der Waals surface area contributed by atoms with Crippen molar-refractivity contribution >= 4 is 17.5 Å². The normalized spacial score (nSPS) is 16.6. The Hall–Kier alpha value is -1.85. The molecule has 22 heavy (non-hydrogen) atoms. The Morgan fingerprint density at radius 2 is 2.00 bits per heavy atom. The van der Waals surface area contributed by atoms with Gasteiger partial charge in [0.15, 0.2) is 11.5 Å². The third-order valence-corrected chi connectivity index (χ3v) is 4.45. The zero-order chi connectivity index (χ0) is 15.6. The summed E-state index contributed by atoms with van der Waals surface area (Å²) in [4.78, 5) is 12.4. The smallest absolute Gasteiger partial charge is 0.273 e. The number of benzene rings is 1. The predicted octanol–water partition coefficient (Wildman–Crippen LogP) is 3.00. The maximum Gasteiger partial charge on any atom is 0.273 e. The van der Waals surface area contributed by atoms with E-state index in [1.165, 1.54) is 0 Å². The van der Waals surface area contributed by atoms with Crippen LogP contribution in [0.1, 0.15) is 36.2 Å². The maximum atomic E-state index is 12.4. The van der Waals surface area contributed by atoms with E-state index in [0.717, 1.165) is 31.2 Å². The maximum absolute atomic E-state index is 12.4. The summed E-state index contributed by atoms with van der Waals surface area (Å²) in [6.45, 7) is 0.445. The van der Waals surface area contributed by atoms with Crippen molar-refractivity contribution in [2.75, 3.05) is 6.54 Å². The van der Waals surface area contributed by atoms with Gasteiger partial charge in [-0.2, -0.15) is 0 Å². The number of nitrogens with two attached hydrogens (primary N) is 1. The molecule has 3 rings (SSSR count). The third-order valence-electron chi connectivity index (χ3n) is 4.20. The molecule has 0 aliphatic heterocycles. The lowest BCUT2D eigenvalue weighted by Crippen LogP contribution is -2.51. The molecule has 0 radical (unpaired) electrons. The van der Waals surface area contributed by atoms with E-state index in [1.54, 1.807) is 18.2 Å². The average molecular weight is 320 g/mol. The lowest BCUT2D eigenvalue weighted by Gasteiger charge is -2.28. The average Bonchev–Trinajstić information content (AvgIpc) is 3.18. The topological polar surface area (TPSA) is 81.1 Å². The number of carbonyl (C=O) groups excluding carboxylic acids is 1. The standard InChI is InChI=1S/C16H18ClN3O2/c17-12-5-3-11(4-6-12)14-9-13(20-22-14)15(21)19-16(10-18)7-1-2-8-16/h3-6,9H,1-2,7-8,10,18H2,(H,19,21). The highest BCUT2D eigenvalue weighted by Crippen LogP contribution is 2.29. The van der Waals surface area contributed by atoms with Gasteiger partial charge in [-0.3, -0.25) is 4.79 Å². The number of hydrogen-bond acceptors (Lipinski definition) is 4. The Morgan fingerprint density at radius 3 is 2.64 bits per heavy atom. The summed E-state index contributed by atoms with van der Waals surface area (Å²) in [6.07, 6.45) is 4.01. The highest BCUT2D eigenvalue weighted by Gasteiger charge is 2.34. The van der Waals surface area contributed by atoms with Gasteiger partial charge in [0, 0.05) is 23.2 Å². The minimum Gasteiger partial charge on any atom is -0.355 e. The van der Waals surface area contributed by atoms with Crippen LogP contribution in [0.3, 0.4) is 0 Å². The number of carbonyl (C=O) groups is 1. The summed E-state index contributed by atoms with van der Waals surface area (Å²) in [5.74, 6) is 0.298. The molecule has 0 bridgehead atoms. The quantitative estimate of drug-likeness (QED) is 0.907. The van der Waals surface area contributed by atoms with Crippen LogP contribution in [0, 0.1) is 0 Å². The number of nitrogens with zero attached hydrogens (tertiary/aromatic N) is 1. The number of amides is 1. The Morgan fingerprint density at radius 1 is 1.32 bits per heavy atom. The number of aromatic nitrogens is 1. The molecule has 1 fully saturated rings. The molecule has 1 aromatic heterocycles. The van der Waals surface area contributed by atoms with E-state index in [1.807, 2.05) is 12.1 Å². The minimum absolute atomic E-state index is 0.240. The van der Waals surface area contributed by atoms with Gasteiger partial charge in [-0.25, -0.2) is 0 Å². The van der Waals surface area contributed by atoms with Gasteiger partial charge < -0.3 is 15.6 Å². The zero-order valence-corrected chi connectivity index (χ0v) is 12.9. The van der Waals surface area contributed by atoms with Crippen molar-refractivity contribution in [2.24, 2.45) is 5.73 Å². The first-order valence-corrected chi connectivity index (χ1v) is 7.75. The third kappa shape index (κ3) is 3.00. The fourth-order valence-corrected chi connectivity index (χ4v) is 3.00. The van der Waals surface area contributed by atoms with E-state index in [9.17, 15) is 4.79 Å². The second-order valence-corrected chi connectivity index (χ2v) is 6.17. The van der Waals surface area contributed by atoms with E-state index in [2.05, 4.69) is 10.5 Å². The summed E-state index contributed by atoms with van der Waals surface area (Å²) in [5, 5.41) is 7.53. The lowest BCUT2D eigenvalue weighted by molar-refractivity contribution is 0.0894. The predicted molar refractivity (Wildman–Crippen MR) is 84.7 cm³/mol. The van der Waals surface area contributed by atoms with Crippen LogP contribution in [-0.4, -0.2) is 23.1 Å². The molecule has 1 saturated carbocycles. The van der Waals surface area contributed by atoms with Gasteiger partial charge in [0.05, 0.1) is 5.54 Å². The van der Waals surface area contributed by atoms with E-state index >= 15 is 0 Å². The van der Waals surface area contributed by atoms with Crippen molar-refractivity contribution in [1.29, 1.82) is 0 Å². The molecule has 2 aromatic rings. The number of nitrogens with one attached hydrogen (secondary N) is 1. The summed E-state index contributed by atoms with van der Waals surface area (Å²) in [5.41, 5.74) is 6.63. The molecule has 1 amide bonds. The Kier molecular flexibility index (Phi) is 4.18. The van der Waals surface area contributed by atoms with Crippen molar-refractivity contribution < 1.29 is 9.32 Å². The van der Waals surface area contributed by atoms with E-state index in [0.29, 0.717) is 17.3 Å². The van der Waals surface area contributed by atoms with Crippen molar-refractivity contribution in [3.63, 3.8) is 0 Å². The fraction of sp³-hybridized carbons (Fsp3) is 0.375. The molecular formula is C16H18ClN3O2. The summed E-state index contributed by atoms with van der Waals surface area (Å²) in [7, 11) is 0. The van der Waals surface area contributed by atoms with Crippen LogP contribution < -0.4 is 11.1 Å². The second kappa shape index (κ2) is 6.10. The minimum atomic E-state index is -0.295. The molecule has 0 atom stereocenters. The van der Waals surface area contributed by atoms with Crippen molar-refractivity contribution in [1.82, 2.24) is 10.5 Å². The van der Waals surface area contributed by atoms with Crippen LogP contribution in [0.5, 0.6) is 0 Å². The number of rotatable bonds is 4. The van der Waals surface area contributed by atoms with Crippen molar-refractivity contribution in [2.45, 2.75) is 31.2 Å². The molecule has 1 aromatic carbocycles. The summed E-state index contributed by atoms with van der Waals surface area (Å²) in [6, 6.07) is 8.81. The van der Waals surface area contributed by atoms with Crippen LogP contribution in [0.4, 0.5) is 0 Å². The molecule has 5 nitrogen and oxygen atoms in total. The lowest BCUT2D eigenvalue weighted by atomic mass is 9.97. The molecule has 0 spiro atoms. The molecule has 1 heterocycles. The van der Waals surface area contributed by atoms with Crippen LogP contribution >= 0.6 is 11.6 Å². The molecule has 3 N–H and O–H groups in total. The van der Waals surface area contributed by atoms with E-state index < -0.39 is 0 Å². The highest BCUT2D eigenvalue weighted by atomic mass is 35.5. The van der Waals surface area contributed by atoms with Crippen LogP contribution in [0.2, 0.25) is 5.02 Å². The van der Waals surface area contributed by atoms with Gasteiger partial charge in [0.2, 0.25) is 0 Å². The zero-order valence-electron chi connectivity index (χ0n) is 12.1. The molecule has 1 aliphatic rings. The monoisotopic (exact) mass is 319 g/mol. The van der Waals surface area contributed by atoms with Gasteiger partial charge >= 0.3 is 0 Å². The number of halogens is 1. The Bertz CT molecular complexity index is 660. The molecular weight excluding hydrogens is 302 g/mol. The Labute approximate surface area is 133 Å². The second-order valence-electron chi connectivity index (χ2n) is 5.73. The van der Waals surface area contributed by atoms with Crippen molar-refractivity contribution in [3.05, 3.63) is 41.0 Å². The van der Waals surface area contributed by atoms with Gasteiger partial charge in [0.25, 0.3) is 5.91 Å². The molecule has 116 valence electrons.